The number of benzene rings is 3. The molecule has 0 saturated carbocycles. The fraction of sp³-hybridized carbons (Fsp3) is 0.143. The van der Waals surface area contributed by atoms with Gasteiger partial charge >= 0.3 is 0 Å². The molecule has 0 saturated heterocycles. The van der Waals surface area contributed by atoms with Gasteiger partial charge in [-0.25, -0.2) is 0 Å². The van der Waals surface area contributed by atoms with Crippen LogP contribution in [0.15, 0.2) is 58.2 Å². The molecule has 0 radical (unpaired) electrons. The predicted octanol–water partition coefficient (Wildman–Crippen LogP) is 2.86. The summed E-state index contributed by atoms with van der Waals surface area (Å²) in [5, 5.41) is 1.41. The fourth-order valence-electron chi connectivity index (χ4n) is 5.38. The second kappa shape index (κ2) is 7.09. The lowest BCUT2D eigenvalue weighted by molar-refractivity contribution is 0.0803. The van der Waals surface area contributed by atoms with Crippen molar-refractivity contribution in [3.63, 3.8) is 0 Å². The zero-order valence-corrected chi connectivity index (χ0v) is 18.6. The number of ketones is 2. The molecule has 0 bridgehead atoms. The van der Waals surface area contributed by atoms with Gasteiger partial charge in [0.15, 0.2) is 22.4 Å². The molecule has 0 aliphatic heterocycles. The highest BCUT2D eigenvalue weighted by Crippen LogP contribution is 2.37. The number of aromatic amines is 2. The molecule has 3 aromatic carbocycles. The van der Waals surface area contributed by atoms with Crippen LogP contribution in [0.5, 0.6) is 0 Å². The summed E-state index contributed by atoms with van der Waals surface area (Å²) in [4.78, 5) is 59.6. The maximum absolute atomic E-state index is 13.4. The third kappa shape index (κ3) is 2.51. The molecule has 2 N–H and O–H groups in total. The third-order valence-corrected chi connectivity index (χ3v) is 7.01. The van der Waals surface area contributed by atoms with Gasteiger partial charge in [0.1, 0.15) is 0 Å². The Labute approximate surface area is 192 Å². The van der Waals surface area contributed by atoms with E-state index in [0.29, 0.717) is 54.4 Å². The number of nitrogens with one attached hydrogen (secondary N) is 2. The first-order chi connectivity index (χ1) is 16.5. The number of H-pyrrole nitrogens is 2. The van der Waals surface area contributed by atoms with Gasteiger partial charge in [-0.2, -0.15) is 0 Å². The molecule has 34 heavy (non-hydrogen) atoms. The van der Waals surface area contributed by atoms with Crippen molar-refractivity contribution in [3.05, 3.63) is 90.6 Å². The SMILES string of the molecule is C/C=c1/c(=O)c2ccc3[nH]c4c5c(ccc4[nH]c3c2c(=O)/c1=C/C)C(=O)C1C=CC=CC1C5=O. The number of carbonyl (C=O) groups is 2. The van der Waals surface area contributed by atoms with Gasteiger partial charge in [-0.1, -0.05) is 36.5 Å². The van der Waals surface area contributed by atoms with Crippen LogP contribution in [-0.4, -0.2) is 21.5 Å². The molecular formula is C28H20N2O4. The van der Waals surface area contributed by atoms with Crippen molar-refractivity contribution in [1.29, 1.82) is 0 Å². The van der Waals surface area contributed by atoms with Gasteiger partial charge in [0.05, 0.1) is 44.9 Å². The zero-order chi connectivity index (χ0) is 23.7. The molecule has 1 aromatic heterocycles. The van der Waals surface area contributed by atoms with E-state index in [0.717, 1.165) is 0 Å². The molecular weight excluding hydrogens is 428 g/mol. The first-order valence-electron chi connectivity index (χ1n) is 11.2. The predicted molar refractivity (Wildman–Crippen MR) is 134 cm³/mol. The average molecular weight is 448 g/mol. The normalized spacial score (nSPS) is 20.5. The van der Waals surface area contributed by atoms with Crippen LogP contribution in [0.2, 0.25) is 0 Å². The van der Waals surface area contributed by atoms with E-state index in [1.54, 1.807) is 74.6 Å². The molecule has 2 unspecified atom stereocenters. The summed E-state index contributed by atoms with van der Waals surface area (Å²) < 4.78 is 0. The van der Waals surface area contributed by atoms with Crippen LogP contribution in [0.3, 0.4) is 0 Å². The maximum Gasteiger partial charge on any atom is 0.196 e. The summed E-state index contributed by atoms with van der Waals surface area (Å²) in [5.74, 6) is -1.21. The van der Waals surface area contributed by atoms with Gasteiger partial charge in [-0.3, -0.25) is 19.2 Å². The smallest absolute Gasteiger partial charge is 0.196 e. The minimum Gasteiger partial charge on any atom is -0.351 e. The van der Waals surface area contributed by atoms with Crippen LogP contribution >= 0.6 is 0 Å². The minimum absolute atomic E-state index is 0.0848. The van der Waals surface area contributed by atoms with E-state index in [9.17, 15) is 19.2 Å². The monoisotopic (exact) mass is 448 g/mol. The summed E-state index contributed by atoms with van der Waals surface area (Å²) >= 11 is 0. The fourth-order valence-corrected chi connectivity index (χ4v) is 5.38. The molecule has 1 heterocycles. The van der Waals surface area contributed by atoms with Crippen molar-refractivity contribution in [2.24, 2.45) is 11.8 Å². The maximum atomic E-state index is 13.4. The van der Waals surface area contributed by atoms with Crippen molar-refractivity contribution >= 4 is 56.6 Å². The second-order valence-electron chi connectivity index (χ2n) is 8.68. The van der Waals surface area contributed by atoms with E-state index in [-0.39, 0.29) is 22.4 Å². The molecule has 6 rings (SSSR count). The standard InChI is InChI=1S/C28H20N2O4/c1-3-13-14(4-2)27(33)21-17(25(13)31)9-11-19-23(21)29-20-12-10-18-22(24(20)30-19)28(34)16-8-6-5-7-15(16)26(18)32/h3-12,15-16,29-30H,1-2H3/b13-3+,14-4+. The Balaban J connectivity index is 1.75. The molecule has 6 heteroatoms. The molecule has 4 aromatic rings. The topological polar surface area (TPSA) is 99.9 Å². The molecule has 166 valence electrons. The van der Waals surface area contributed by atoms with Gasteiger partial charge in [0.2, 0.25) is 0 Å². The van der Waals surface area contributed by atoms with Crippen LogP contribution in [-0.2, 0) is 0 Å². The van der Waals surface area contributed by atoms with Gasteiger partial charge in [-0.05, 0) is 38.1 Å². The highest BCUT2D eigenvalue weighted by molar-refractivity contribution is 6.22. The number of hydrogen-bond acceptors (Lipinski definition) is 4. The lowest BCUT2D eigenvalue weighted by atomic mass is 9.72. The Morgan fingerprint density at radius 1 is 0.706 bits per heavy atom. The van der Waals surface area contributed by atoms with Crippen molar-refractivity contribution < 1.29 is 9.59 Å². The highest BCUT2D eigenvalue weighted by Gasteiger charge is 2.40. The minimum atomic E-state index is -0.529. The summed E-state index contributed by atoms with van der Waals surface area (Å²) in [6.07, 6.45) is 10.5. The van der Waals surface area contributed by atoms with Crippen molar-refractivity contribution in [2.75, 3.05) is 0 Å². The molecule has 0 fully saturated rings. The quantitative estimate of drug-likeness (QED) is 0.319. The van der Waals surface area contributed by atoms with Crippen molar-refractivity contribution in [3.8, 4) is 0 Å². The van der Waals surface area contributed by atoms with Crippen molar-refractivity contribution in [1.82, 2.24) is 9.97 Å². The van der Waals surface area contributed by atoms with Crippen LogP contribution in [0, 0.1) is 11.8 Å². The van der Waals surface area contributed by atoms with Crippen LogP contribution < -0.4 is 21.3 Å². The number of carbonyl (C=O) groups excluding carboxylic acids is 2. The van der Waals surface area contributed by atoms with E-state index in [1.807, 2.05) is 0 Å². The molecule has 2 aliphatic carbocycles. The highest BCUT2D eigenvalue weighted by atomic mass is 16.1. The summed E-state index contributed by atoms with van der Waals surface area (Å²) in [7, 11) is 0. The second-order valence-corrected chi connectivity index (χ2v) is 8.68. The molecule has 6 nitrogen and oxygen atoms in total. The molecule has 2 aliphatic rings. The number of aromatic nitrogens is 2. The number of allylic oxidation sites excluding steroid dienone is 4. The lowest BCUT2D eigenvalue weighted by Gasteiger charge is -2.29. The summed E-state index contributed by atoms with van der Waals surface area (Å²) in [5.41, 5.74) is 2.47. The van der Waals surface area contributed by atoms with Crippen molar-refractivity contribution in [2.45, 2.75) is 13.8 Å². The Morgan fingerprint density at radius 3 is 2.00 bits per heavy atom. The van der Waals surface area contributed by atoms with Gasteiger partial charge < -0.3 is 9.97 Å². The first-order valence-corrected chi connectivity index (χ1v) is 11.2. The van der Waals surface area contributed by atoms with E-state index < -0.39 is 11.8 Å². The number of Topliss-reactive ketones (excluding diaryl/α,β-unsaturated/α-hetero) is 2. The summed E-state index contributed by atoms with van der Waals surface area (Å²) in [6.45, 7) is 3.48. The molecule has 0 amide bonds. The average Bonchev–Trinajstić information content (AvgIpc) is 2.86. The molecule has 0 spiro atoms. The van der Waals surface area contributed by atoms with Crippen LogP contribution in [0.1, 0.15) is 34.6 Å². The van der Waals surface area contributed by atoms with E-state index >= 15 is 0 Å². The van der Waals surface area contributed by atoms with Gasteiger partial charge in [0, 0.05) is 21.4 Å². The number of fused-ring (bicyclic) bond motifs is 7. The van der Waals surface area contributed by atoms with Crippen LogP contribution in [0.25, 0.3) is 45.0 Å². The third-order valence-electron chi connectivity index (χ3n) is 7.01. The number of hydrogen-bond donors (Lipinski definition) is 2. The lowest BCUT2D eigenvalue weighted by Crippen LogP contribution is -2.47. The van der Waals surface area contributed by atoms with E-state index in [2.05, 4.69) is 9.97 Å². The number of rotatable bonds is 0. The largest absolute Gasteiger partial charge is 0.351 e. The zero-order valence-electron chi connectivity index (χ0n) is 18.6. The Bertz CT molecular complexity index is 1920. The first kappa shape index (κ1) is 20.3. The Hall–Kier alpha value is -4.32. The Kier molecular flexibility index (Phi) is 4.23. The van der Waals surface area contributed by atoms with Gasteiger partial charge in [-0.15, -0.1) is 0 Å². The molecule has 2 atom stereocenters. The van der Waals surface area contributed by atoms with E-state index in [4.69, 9.17) is 0 Å². The van der Waals surface area contributed by atoms with E-state index in [1.165, 1.54) is 0 Å². The Morgan fingerprint density at radius 2 is 1.29 bits per heavy atom. The van der Waals surface area contributed by atoms with Gasteiger partial charge in [0.25, 0.3) is 0 Å². The van der Waals surface area contributed by atoms with Crippen LogP contribution in [0.4, 0.5) is 0 Å². The summed E-state index contributed by atoms with van der Waals surface area (Å²) in [6, 6.07) is 6.76.